The Labute approximate surface area is 473 Å². The van der Waals surface area contributed by atoms with Crippen molar-refractivity contribution in [3.05, 3.63) is 36.8 Å². The molecule has 0 saturated heterocycles. The maximum Gasteiger partial charge on any atom is 0.101 e. The van der Waals surface area contributed by atoms with E-state index in [1.165, 1.54) is 347 Å². The van der Waals surface area contributed by atoms with Crippen LogP contribution in [-0.2, 0) is 10.1 Å². The van der Waals surface area contributed by atoms with Gasteiger partial charge < -0.3 is 4.55 Å². The van der Waals surface area contributed by atoms with Gasteiger partial charge in [0.1, 0.15) is 18.6 Å². The first-order valence-electron chi connectivity index (χ1n) is 34.7. The number of allylic oxidation sites excluding steroid dienone is 3. The van der Waals surface area contributed by atoms with Crippen molar-refractivity contribution in [1.29, 1.82) is 0 Å². The molecule has 0 aliphatic carbocycles. The van der Waals surface area contributed by atoms with E-state index in [2.05, 4.69) is 57.6 Å². The molecule has 5 heteroatoms. The van der Waals surface area contributed by atoms with E-state index in [1.54, 1.807) is 0 Å². The molecule has 0 N–H and O–H groups in total. The van der Waals surface area contributed by atoms with Gasteiger partial charge in [0.2, 0.25) is 0 Å². The second-order valence-electron chi connectivity index (χ2n) is 24.2. The summed E-state index contributed by atoms with van der Waals surface area (Å²) < 4.78 is 35.3. The predicted octanol–water partition coefficient (Wildman–Crippen LogP) is 25.0. The number of quaternary nitrogens is 1. The van der Waals surface area contributed by atoms with Crippen molar-refractivity contribution in [3.63, 3.8) is 0 Å². The minimum atomic E-state index is -4.20. The first kappa shape index (κ1) is 74.1. The zero-order valence-corrected chi connectivity index (χ0v) is 52.5. The van der Waals surface area contributed by atoms with Gasteiger partial charge in [0, 0.05) is 5.75 Å². The first-order chi connectivity index (χ1) is 36.9. The molecule has 0 aromatic heterocycles. The molecule has 0 atom stereocenters. The van der Waals surface area contributed by atoms with E-state index in [-0.39, 0.29) is 5.75 Å². The van der Waals surface area contributed by atoms with Gasteiger partial charge in [-0.2, -0.15) is 0 Å². The van der Waals surface area contributed by atoms with E-state index in [0.29, 0.717) is 10.9 Å². The fourth-order valence-corrected chi connectivity index (χ4v) is 11.9. The third kappa shape index (κ3) is 62.2. The average molecular weight is 1070 g/mol. The Kier molecular flexibility index (Phi) is 61.5. The summed E-state index contributed by atoms with van der Waals surface area (Å²) in [5.41, 5.74) is 0. The highest BCUT2D eigenvalue weighted by atomic mass is 32.2. The molecule has 0 heterocycles. The minimum Gasteiger partial charge on any atom is -0.748 e. The fourth-order valence-electron chi connectivity index (χ4n) is 11.3. The van der Waals surface area contributed by atoms with Crippen LogP contribution in [0, 0.1) is 0 Å². The van der Waals surface area contributed by atoms with Crippen molar-refractivity contribution >= 4 is 10.1 Å². The topological polar surface area (TPSA) is 57.2 Å². The standard InChI is InChI=1S/C70H137NO3S/c1-4-7-10-13-16-19-22-25-28-31-34-37-40-43-46-49-52-55-58-61-66-71(69-64-65-70-75(72,73)74,67-62-59-56-53-50-47-44-41-38-35-32-29-26-23-20-17-14-11-8-5-2)68-63-60-57-54-51-48-45-42-39-36-33-30-27-24-21-18-15-12-9-6-3/h61-63,66-68H,4-60,64-65,69-70H2,1-3H3/b66-61+,67-62+,68-63+. The normalized spacial score (nSPS) is 12.5. The van der Waals surface area contributed by atoms with Gasteiger partial charge in [0.25, 0.3) is 0 Å². The highest BCUT2D eigenvalue weighted by Gasteiger charge is 2.19. The molecule has 0 fully saturated rings. The molecular formula is C70H137NO3S. The van der Waals surface area contributed by atoms with Gasteiger partial charge in [0.15, 0.2) is 0 Å². The highest BCUT2D eigenvalue weighted by Crippen LogP contribution is 2.22. The lowest BCUT2D eigenvalue weighted by atomic mass is 10.0. The Balaban J connectivity index is 4.86. The number of rotatable bonds is 65. The van der Waals surface area contributed by atoms with Crippen LogP contribution >= 0.6 is 0 Å². The molecule has 0 aromatic rings. The summed E-state index contributed by atoms with van der Waals surface area (Å²) in [7, 11) is -4.20. The van der Waals surface area contributed by atoms with Crippen LogP contribution in [0.3, 0.4) is 0 Å². The van der Waals surface area contributed by atoms with Crippen molar-refractivity contribution < 1.29 is 17.5 Å². The SMILES string of the molecule is CCCCCCCCCCCCCCCCCCCC/C=C/[N+](/C=C/CCCCCCCCCCCCCCCCCCCC)(/C=C/CCCCCCCCCCCCCCCCCCCC)CCCCS(=O)(=O)[O-]. The minimum absolute atomic E-state index is 0.262. The summed E-state index contributed by atoms with van der Waals surface area (Å²) in [6.45, 7) is 7.71. The number of hydrogen-bond acceptors (Lipinski definition) is 3. The lowest BCUT2D eigenvalue weighted by Crippen LogP contribution is -2.32. The summed E-state index contributed by atoms with van der Waals surface area (Å²) in [6, 6.07) is 0. The van der Waals surface area contributed by atoms with Gasteiger partial charge in [-0.25, -0.2) is 12.9 Å². The highest BCUT2D eigenvalue weighted by molar-refractivity contribution is 7.85. The van der Waals surface area contributed by atoms with Crippen LogP contribution in [0.5, 0.6) is 0 Å². The van der Waals surface area contributed by atoms with Crippen LogP contribution in [0.15, 0.2) is 36.8 Å². The Hall–Kier alpha value is -0.910. The monoisotopic (exact) mass is 1070 g/mol. The zero-order chi connectivity index (χ0) is 54.4. The average Bonchev–Trinajstić information content (AvgIpc) is 3.40. The molecule has 75 heavy (non-hydrogen) atoms. The Bertz CT molecular complexity index is 1150. The maximum absolute atomic E-state index is 11.6. The van der Waals surface area contributed by atoms with Crippen molar-refractivity contribution in [3.8, 4) is 0 Å². The molecular weight excluding hydrogens is 935 g/mol. The van der Waals surface area contributed by atoms with Crippen molar-refractivity contribution in [2.24, 2.45) is 0 Å². The van der Waals surface area contributed by atoms with E-state index in [4.69, 9.17) is 0 Å². The van der Waals surface area contributed by atoms with Gasteiger partial charge in [-0.05, 0) is 69.6 Å². The van der Waals surface area contributed by atoms with Crippen LogP contribution in [0.2, 0.25) is 0 Å². The number of hydrogen-bond donors (Lipinski definition) is 0. The summed E-state index contributed by atoms with van der Waals surface area (Å²) in [6.07, 6.45) is 94.4. The summed E-state index contributed by atoms with van der Waals surface area (Å²) in [4.78, 5) is 0. The molecule has 0 aromatic carbocycles. The summed E-state index contributed by atoms with van der Waals surface area (Å²) >= 11 is 0. The molecule has 0 spiro atoms. The maximum atomic E-state index is 11.6. The fraction of sp³-hybridized carbons (Fsp3) is 0.914. The van der Waals surface area contributed by atoms with Crippen LogP contribution in [0.4, 0.5) is 0 Å². The third-order valence-electron chi connectivity index (χ3n) is 16.5. The van der Waals surface area contributed by atoms with Crippen molar-refractivity contribution in [2.75, 3.05) is 12.3 Å². The second-order valence-corrected chi connectivity index (χ2v) is 25.8. The van der Waals surface area contributed by atoms with Crippen LogP contribution < -0.4 is 0 Å². The van der Waals surface area contributed by atoms with E-state index in [1.807, 2.05) is 0 Å². The molecule has 0 radical (unpaired) electrons. The van der Waals surface area contributed by atoms with Crippen LogP contribution in [-0.4, -0.2) is 29.8 Å². The number of nitrogens with zero attached hydrogens (tertiary/aromatic N) is 1. The van der Waals surface area contributed by atoms with Crippen molar-refractivity contribution in [1.82, 2.24) is 0 Å². The largest absolute Gasteiger partial charge is 0.748 e. The molecule has 0 amide bonds. The summed E-state index contributed by atoms with van der Waals surface area (Å²) in [5, 5.41) is 0. The predicted molar refractivity (Wildman–Crippen MR) is 337 cm³/mol. The van der Waals surface area contributed by atoms with Gasteiger partial charge >= 0.3 is 0 Å². The first-order valence-corrected chi connectivity index (χ1v) is 36.3. The van der Waals surface area contributed by atoms with Crippen molar-refractivity contribution in [2.45, 2.75) is 400 Å². The van der Waals surface area contributed by atoms with Gasteiger partial charge in [-0.3, -0.25) is 0 Å². The quantitative estimate of drug-likeness (QED) is 0.0346. The molecule has 446 valence electrons. The third-order valence-corrected chi connectivity index (χ3v) is 17.3. The molecule has 0 unspecified atom stereocenters. The second kappa shape index (κ2) is 62.3. The lowest BCUT2D eigenvalue weighted by Gasteiger charge is -2.27. The lowest BCUT2D eigenvalue weighted by molar-refractivity contribution is -0.774. The van der Waals surface area contributed by atoms with Gasteiger partial charge in [-0.1, -0.05) is 348 Å². The number of unbranched alkanes of at least 4 members (excludes halogenated alkanes) is 55. The van der Waals surface area contributed by atoms with E-state index >= 15 is 0 Å². The summed E-state index contributed by atoms with van der Waals surface area (Å²) in [5.74, 6) is -0.262. The molecule has 4 nitrogen and oxygen atoms in total. The van der Waals surface area contributed by atoms with Crippen LogP contribution in [0.1, 0.15) is 400 Å². The van der Waals surface area contributed by atoms with Crippen LogP contribution in [0.25, 0.3) is 0 Å². The van der Waals surface area contributed by atoms with E-state index in [9.17, 15) is 13.0 Å². The Morgan fingerprint density at radius 1 is 0.253 bits per heavy atom. The molecule has 0 rings (SSSR count). The molecule has 0 aliphatic rings. The smallest absolute Gasteiger partial charge is 0.101 e. The molecule has 0 bridgehead atoms. The Morgan fingerprint density at radius 2 is 0.427 bits per heavy atom. The Morgan fingerprint density at radius 3 is 0.600 bits per heavy atom. The molecule has 0 aliphatic heterocycles. The molecule has 0 saturated carbocycles. The van der Waals surface area contributed by atoms with Gasteiger partial charge in [-0.15, -0.1) is 0 Å². The van der Waals surface area contributed by atoms with E-state index < -0.39 is 10.1 Å². The zero-order valence-electron chi connectivity index (χ0n) is 51.7. The van der Waals surface area contributed by atoms with E-state index in [0.717, 1.165) is 32.2 Å². The van der Waals surface area contributed by atoms with Gasteiger partial charge in [0.05, 0.1) is 16.7 Å².